The molecular formula is C14H19BrClNO. The van der Waals surface area contributed by atoms with Crippen LogP contribution in [0.5, 0.6) is 5.75 Å². The molecule has 1 aromatic rings. The molecule has 0 fully saturated rings. The smallest absolute Gasteiger partial charge is 0.123 e. The van der Waals surface area contributed by atoms with Crippen molar-refractivity contribution in [2.75, 3.05) is 6.61 Å². The fourth-order valence-corrected chi connectivity index (χ4v) is 1.97. The molecule has 2 nitrogen and oxygen atoms in total. The van der Waals surface area contributed by atoms with Gasteiger partial charge in [-0.05, 0) is 49.1 Å². The summed E-state index contributed by atoms with van der Waals surface area (Å²) in [5.41, 5.74) is 9.66. The van der Waals surface area contributed by atoms with Gasteiger partial charge in [-0.3, -0.25) is 0 Å². The second kappa shape index (κ2) is 7.82. The first-order chi connectivity index (χ1) is 8.56. The van der Waals surface area contributed by atoms with Gasteiger partial charge >= 0.3 is 0 Å². The minimum absolute atomic E-state index is 0.159. The second-order valence-corrected chi connectivity index (χ2v) is 5.50. The molecule has 0 bridgehead atoms. The highest BCUT2D eigenvalue weighted by atomic mass is 79.9. The zero-order valence-electron chi connectivity index (χ0n) is 10.7. The number of nitrogens with two attached hydrogens (primary N) is 1. The van der Waals surface area contributed by atoms with E-state index in [4.69, 9.17) is 22.1 Å². The first kappa shape index (κ1) is 15.5. The lowest BCUT2D eigenvalue weighted by atomic mass is 10.0. The summed E-state index contributed by atoms with van der Waals surface area (Å²) in [4.78, 5) is 0. The molecule has 0 spiro atoms. The van der Waals surface area contributed by atoms with E-state index < -0.39 is 0 Å². The Balaban J connectivity index is 2.82. The zero-order valence-corrected chi connectivity index (χ0v) is 13.1. The summed E-state index contributed by atoms with van der Waals surface area (Å²) in [6.07, 6.45) is 1.77. The van der Waals surface area contributed by atoms with Gasteiger partial charge in [0, 0.05) is 16.0 Å². The normalized spacial score (nSPS) is 13.5. The quantitative estimate of drug-likeness (QED) is 0.845. The fraction of sp³-hybridized carbons (Fsp3) is 0.429. The van der Waals surface area contributed by atoms with E-state index in [-0.39, 0.29) is 6.04 Å². The molecule has 0 saturated heterocycles. The third-order valence-electron chi connectivity index (χ3n) is 2.67. The van der Waals surface area contributed by atoms with Crippen LogP contribution in [0.25, 0.3) is 0 Å². The topological polar surface area (TPSA) is 35.2 Å². The van der Waals surface area contributed by atoms with Gasteiger partial charge in [0.15, 0.2) is 0 Å². The molecule has 0 aliphatic carbocycles. The van der Waals surface area contributed by atoms with Gasteiger partial charge in [-0.15, -0.1) is 0 Å². The average molecular weight is 333 g/mol. The molecule has 0 heterocycles. The van der Waals surface area contributed by atoms with E-state index in [0.717, 1.165) is 34.2 Å². The van der Waals surface area contributed by atoms with Crippen LogP contribution < -0.4 is 10.5 Å². The maximum Gasteiger partial charge on any atom is 0.123 e. The first-order valence-electron chi connectivity index (χ1n) is 5.99. The summed E-state index contributed by atoms with van der Waals surface area (Å²) in [5.74, 6) is 0.875. The lowest BCUT2D eigenvalue weighted by Gasteiger charge is -2.15. The Labute approximate surface area is 122 Å². The highest BCUT2D eigenvalue weighted by Gasteiger charge is 2.09. The molecule has 4 heteroatoms. The molecule has 0 radical (unpaired) electrons. The Morgan fingerprint density at radius 2 is 2.28 bits per heavy atom. The van der Waals surface area contributed by atoms with E-state index in [1.54, 1.807) is 0 Å². The summed E-state index contributed by atoms with van der Waals surface area (Å²) in [6.45, 7) is 4.52. The Hall–Kier alpha value is -0.510. The number of halogens is 2. The van der Waals surface area contributed by atoms with Gasteiger partial charge in [0.05, 0.1) is 0 Å². The van der Waals surface area contributed by atoms with Gasteiger partial charge < -0.3 is 10.5 Å². The van der Waals surface area contributed by atoms with Crippen molar-refractivity contribution in [3.8, 4) is 5.75 Å². The van der Waals surface area contributed by atoms with Gasteiger partial charge in [-0.1, -0.05) is 34.5 Å². The number of rotatable bonds is 6. The molecule has 1 aromatic carbocycles. The van der Waals surface area contributed by atoms with E-state index in [1.165, 1.54) is 5.54 Å². The SMILES string of the molecule is CCC(N)Cc1cc(Br)ccc1OC/C(C)=C/Cl. The highest BCUT2D eigenvalue weighted by Crippen LogP contribution is 2.25. The first-order valence-corrected chi connectivity index (χ1v) is 7.22. The predicted molar refractivity (Wildman–Crippen MR) is 81.2 cm³/mol. The van der Waals surface area contributed by atoms with E-state index >= 15 is 0 Å². The van der Waals surface area contributed by atoms with Crippen LogP contribution in [0, 0.1) is 0 Å². The Bertz CT molecular complexity index is 420. The largest absolute Gasteiger partial charge is 0.489 e. The number of hydrogen-bond acceptors (Lipinski definition) is 2. The lowest BCUT2D eigenvalue weighted by Crippen LogP contribution is -2.21. The van der Waals surface area contributed by atoms with Crippen LogP contribution in [-0.2, 0) is 6.42 Å². The van der Waals surface area contributed by atoms with Crippen LogP contribution in [0.1, 0.15) is 25.8 Å². The maximum absolute atomic E-state index is 6.00. The van der Waals surface area contributed by atoms with Crippen LogP contribution in [0.3, 0.4) is 0 Å². The third-order valence-corrected chi connectivity index (χ3v) is 3.54. The minimum Gasteiger partial charge on any atom is -0.489 e. The molecule has 0 amide bonds. The molecule has 0 aliphatic heterocycles. The van der Waals surface area contributed by atoms with Gasteiger partial charge in [0.1, 0.15) is 12.4 Å². The Kier molecular flexibility index (Phi) is 6.76. The number of benzene rings is 1. The van der Waals surface area contributed by atoms with Crippen LogP contribution in [-0.4, -0.2) is 12.6 Å². The van der Waals surface area contributed by atoms with Crippen molar-refractivity contribution in [3.63, 3.8) is 0 Å². The van der Waals surface area contributed by atoms with Crippen molar-refractivity contribution in [1.29, 1.82) is 0 Å². The molecule has 100 valence electrons. The zero-order chi connectivity index (χ0) is 13.5. The second-order valence-electron chi connectivity index (χ2n) is 4.37. The van der Waals surface area contributed by atoms with Crippen LogP contribution in [0.4, 0.5) is 0 Å². The molecule has 18 heavy (non-hydrogen) atoms. The summed E-state index contributed by atoms with van der Waals surface area (Å²) in [6, 6.07) is 6.15. The van der Waals surface area contributed by atoms with Crippen molar-refractivity contribution in [2.45, 2.75) is 32.7 Å². The molecule has 0 aromatic heterocycles. The average Bonchev–Trinajstić information content (AvgIpc) is 2.37. The van der Waals surface area contributed by atoms with Crippen molar-refractivity contribution >= 4 is 27.5 Å². The van der Waals surface area contributed by atoms with E-state index in [9.17, 15) is 0 Å². The van der Waals surface area contributed by atoms with Crippen molar-refractivity contribution in [1.82, 2.24) is 0 Å². The molecule has 1 atom stereocenters. The summed E-state index contributed by atoms with van der Waals surface area (Å²) in [7, 11) is 0. The minimum atomic E-state index is 0.159. The molecule has 0 saturated carbocycles. The number of hydrogen-bond donors (Lipinski definition) is 1. The lowest BCUT2D eigenvalue weighted by molar-refractivity contribution is 0.347. The Morgan fingerprint density at radius 3 is 2.89 bits per heavy atom. The van der Waals surface area contributed by atoms with Crippen molar-refractivity contribution in [2.24, 2.45) is 5.73 Å². The summed E-state index contributed by atoms with van der Waals surface area (Å²) >= 11 is 9.09. The molecule has 0 aliphatic rings. The third kappa shape index (κ3) is 5.01. The monoisotopic (exact) mass is 331 g/mol. The maximum atomic E-state index is 6.00. The molecule has 2 N–H and O–H groups in total. The highest BCUT2D eigenvalue weighted by molar-refractivity contribution is 9.10. The van der Waals surface area contributed by atoms with Gasteiger partial charge in [0.2, 0.25) is 0 Å². The van der Waals surface area contributed by atoms with Crippen LogP contribution in [0.15, 0.2) is 33.8 Å². The Morgan fingerprint density at radius 1 is 1.56 bits per heavy atom. The predicted octanol–water partition coefficient (Wildman–Crippen LogP) is 4.25. The summed E-state index contributed by atoms with van der Waals surface area (Å²) in [5, 5.41) is 0. The summed E-state index contributed by atoms with van der Waals surface area (Å²) < 4.78 is 6.80. The van der Waals surface area contributed by atoms with Crippen LogP contribution in [0.2, 0.25) is 0 Å². The van der Waals surface area contributed by atoms with Gasteiger partial charge in [0.25, 0.3) is 0 Å². The van der Waals surface area contributed by atoms with E-state index in [0.29, 0.717) is 6.61 Å². The van der Waals surface area contributed by atoms with E-state index in [1.807, 2.05) is 19.1 Å². The fourth-order valence-electron chi connectivity index (χ4n) is 1.50. The molecule has 1 rings (SSSR count). The number of ether oxygens (including phenoxy) is 1. The van der Waals surface area contributed by atoms with Crippen molar-refractivity contribution < 1.29 is 4.74 Å². The van der Waals surface area contributed by atoms with Crippen LogP contribution >= 0.6 is 27.5 Å². The van der Waals surface area contributed by atoms with Gasteiger partial charge in [-0.2, -0.15) is 0 Å². The van der Waals surface area contributed by atoms with E-state index in [2.05, 4.69) is 28.9 Å². The van der Waals surface area contributed by atoms with Gasteiger partial charge in [-0.25, -0.2) is 0 Å². The van der Waals surface area contributed by atoms with Crippen molar-refractivity contribution in [3.05, 3.63) is 39.3 Å². The standard InChI is InChI=1S/C14H19BrClNO/c1-3-13(17)7-11-6-12(15)4-5-14(11)18-9-10(2)8-16/h4-6,8,13H,3,7,9,17H2,1-2H3/b10-8+. The molecule has 1 unspecified atom stereocenters. The molecular weight excluding hydrogens is 314 g/mol.